The molecule has 0 saturated heterocycles. The van der Waals surface area contributed by atoms with E-state index in [1.54, 1.807) is 6.20 Å². The van der Waals surface area contributed by atoms with E-state index in [-0.39, 0.29) is 0 Å². The molecule has 1 aromatic heterocycles. The Bertz CT molecular complexity index is 468. The fourth-order valence-electron chi connectivity index (χ4n) is 1.81. The van der Waals surface area contributed by atoms with Crippen molar-refractivity contribution < 1.29 is 4.79 Å². The molecule has 2 aromatic rings. The molecular formula is C12H13NO. The highest BCUT2D eigenvalue weighted by Gasteiger charge is 2.09. The van der Waals surface area contributed by atoms with Gasteiger partial charge in [0.25, 0.3) is 0 Å². The zero-order valence-electron chi connectivity index (χ0n) is 8.37. The SMILES string of the molecule is CC(C)c1cccc2[nH]cc(C=O)c12. The molecule has 14 heavy (non-hydrogen) atoms. The fraction of sp³-hybridized carbons (Fsp3) is 0.250. The van der Waals surface area contributed by atoms with E-state index in [1.807, 2.05) is 12.1 Å². The molecule has 0 fully saturated rings. The first kappa shape index (κ1) is 9.00. The van der Waals surface area contributed by atoms with Gasteiger partial charge in [-0.3, -0.25) is 4.79 Å². The molecule has 2 heteroatoms. The van der Waals surface area contributed by atoms with Gasteiger partial charge in [-0.25, -0.2) is 0 Å². The number of hydrogen-bond acceptors (Lipinski definition) is 1. The van der Waals surface area contributed by atoms with Crippen LogP contribution in [-0.4, -0.2) is 11.3 Å². The average Bonchev–Trinajstić information content (AvgIpc) is 2.59. The van der Waals surface area contributed by atoms with Crippen LogP contribution >= 0.6 is 0 Å². The van der Waals surface area contributed by atoms with E-state index in [1.165, 1.54) is 5.56 Å². The zero-order valence-corrected chi connectivity index (χ0v) is 8.37. The topological polar surface area (TPSA) is 32.9 Å². The van der Waals surface area contributed by atoms with Gasteiger partial charge >= 0.3 is 0 Å². The first-order valence-electron chi connectivity index (χ1n) is 4.79. The minimum Gasteiger partial charge on any atom is -0.360 e. The maximum absolute atomic E-state index is 10.8. The molecule has 0 unspecified atom stereocenters. The lowest BCUT2D eigenvalue weighted by molar-refractivity contribution is 0.112. The summed E-state index contributed by atoms with van der Waals surface area (Å²) in [5.41, 5.74) is 3.02. The molecule has 0 atom stereocenters. The van der Waals surface area contributed by atoms with Gasteiger partial charge in [0.05, 0.1) is 0 Å². The summed E-state index contributed by atoms with van der Waals surface area (Å²) in [4.78, 5) is 13.9. The van der Waals surface area contributed by atoms with Gasteiger partial charge in [0.1, 0.15) is 0 Å². The predicted molar refractivity (Wildman–Crippen MR) is 57.8 cm³/mol. The minimum absolute atomic E-state index is 0.438. The van der Waals surface area contributed by atoms with Crippen molar-refractivity contribution in [1.29, 1.82) is 0 Å². The molecule has 0 bridgehead atoms. The first-order chi connectivity index (χ1) is 6.74. The molecule has 0 aliphatic carbocycles. The summed E-state index contributed by atoms with van der Waals surface area (Å²) in [5, 5.41) is 1.07. The Morgan fingerprint density at radius 3 is 2.79 bits per heavy atom. The van der Waals surface area contributed by atoms with Gasteiger partial charge in [0.2, 0.25) is 0 Å². The van der Waals surface area contributed by atoms with Crippen LogP contribution in [0.5, 0.6) is 0 Å². The summed E-state index contributed by atoms with van der Waals surface area (Å²) in [7, 11) is 0. The van der Waals surface area contributed by atoms with E-state index in [0.29, 0.717) is 5.92 Å². The third-order valence-electron chi connectivity index (χ3n) is 2.52. The molecule has 0 radical (unpaired) electrons. The number of hydrogen-bond donors (Lipinski definition) is 1. The molecule has 0 saturated carbocycles. The molecule has 1 heterocycles. The number of carbonyl (C=O) groups is 1. The number of benzene rings is 1. The smallest absolute Gasteiger partial charge is 0.152 e. The maximum atomic E-state index is 10.8. The van der Waals surface area contributed by atoms with E-state index in [0.717, 1.165) is 22.8 Å². The lowest BCUT2D eigenvalue weighted by Gasteiger charge is -2.07. The third-order valence-corrected chi connectivity index (χ3v) is 2.52. The first-order valence-corrected chi connectivity index (χ1v) is 4.79. The van der Waals surface area contributed by atoms with Crippen LogP contribution in [0, 0.1) is 0 Å². The van der Waals surface area contributed by atoms with Gasteiger partial charge < -0.3 is 4.98 Å². The van der Waals surface area contributed by atoms with Crippen molar-refractivity contribution in [2.45, 2.75) is 19.8 Å². The standard InChI is InChI=1S/C12H13NO/c1-8(2)10-4-3-5-11-12(10)9(7-14)6-13-11/h3-8,13H,1-2H3. The number of aromatic nitrogens is 1. The number of fused-ring (bicyclic) bond motifs is 1. The average molecular weight is 187 g/mol. The van der Waals surface area contributed by atoms with Gasteiger partial charge in [0.15, 0.2) is 6.29 Å². The normalized spacial score (nSPS) is 11.1. The Kier molecular flexibility index (Phi) is 2.12. The third kappa shape index (κ3) is 1.23. The van der Waals surface area contributed by atoms with E-state index in [9.17, 15) is 4.79 Å². The second-order valence-electron chi connectivity index (χ2n) is 3.79. The van der Waals surface area contributed by atoms with E-state index >= 15 is 0 Å². The van der Waals surface area contributed by atoms with Crippen LogP contribution in [0.1, 0.15) is 35.7 Å². The van der Waals surface area contributed by atoms with Gasteiger partial charge in [-0.1, -0.05) is 26.0 Å². The van der Waals surface area contributed by atoms with Crippen molar-refractivity contribution in [3.63, 3.8) is 0 Å². The molecular weight excluding hydrogens is 174 g/mol. The highest BCUT2D eigenvalue weighted by Crippen LogP contribution is 2.27. The van der Waals surface area contributed by atoms with Crippen molar-refractivity contribution in [2.24, 2.45) is 0 Å². The lowest BCUT2D eigenvalue weighted by atomic mass is 9.97. The second-order valence-corrected chi connectivity index (χ2v) is 3.79. The van der Waals surface area contributed by atoms with E-state index in [2.05, 4.69) is 24.9 Å². The van der Waals surface area contributed by atoms with Gasteiger partial charge in [-0.2, -0.15) is 0 Å². The quantitative estimate of drug-likeness (QED) is 0.720. The molecule has 0 spiro atoms. The Balaban J connectivity index is 2.81. The molecule has 1 N–H and O–H groups in total. The van der Waals surface area contributed by atoms with Crippen LogP contribution < -0.4 is 0 Å². The number of H-pyrrole nitrogens is 1. The van der Waals surface area contributed by atoms with Crippen molar-refractivity contribution in [3.05, 3.63) is 35.5 Å². The number of carbonyl (C=O) groups excluding carboxylic acids is 1. The van der Waals surface area contributed by atoms with Crippen LogP contribution in [0.25, 0.3) is 10.9 Å². The van der Waals surface area contributed by atoms with Crippen molar-refractivity contribution in [1.82, 2.24) is 4.98 Å². The summed E-state index contributed by atoms with van der Waals surface area (Å²) in [6.07, 6.45) is 2.67. The van der Waals surface area contributed by atoms with Gasteiger partial charge in [-0.05, 0) is 17.5 Å². The monoisotopic (exact) mass is 187 g/mol. The van der Waals surface area contributed by atoms with Crippen LogP contribution in [0.4, 0.5) is 0 Å². The number of rotatable bonds is 2. The summed E-state index contributed by atoms with van der Waals surface area (Å²) >= 11 is 0. The summed E-state index contributed by atoms with van der Waals surface area (Å²) in [5.74, 6) is 0.438. The molecule has 0 aliphatic heterocycles. The number of aldehydes is 1. The van der Waals surface area contributed by atoms with Gasteiger partial charge in [0, 0.05) is 22.7 Å². The van der Waals surface area contributed by atoms with Crippen LogP contribution in [0.2, 0.25) is 0 Å². The molecule has 72 valence electrons. The number of aromatic amines is 1. The largest absolute Gasteiger partial charge is 0.360 e. The molecule has 0 aliphatic rings. The van der Waals surface area contributed by atoms with E-state index in [4.69, 9.17) is 0 Å². The van der Waals surface area contributed by atoms with Crippen molar-refractivity contribution in [3.8, 4) is 0 Å². The molecule has 0 amide bonds. The van der Waals surface area contributed by atoms with Crippen LogP contribution in [-0.2, 0) is 0 Å². The highest BCUT2D eigenvalue weighted by atomic mass is 16.1. The summed E-state index contributed by atoms with van der Waals surface area (Å²) < 4.78 is 0. The molecule has 2 rings (SSSR count). The highest BCUT2D eigenvalue weighted by molar-refractivity contribution is 5.99. The second kappa shape index (κ2) is 3.29. The summed E-state index contributed by atoms with van der Waals surface area (Å²) in [6, 6.07) is 6.09. The van der Waals surface area contributed by atoms with Crippen molar-refractivity contribution in [2.75, 3.05) is 0 Å². The van der Waals surface area contributed by atoms with Crippen molar-refractivity contribution >= 4 is 17.2 Å². The Labute approximate surface area is 82.9 Å². The summed E-state index contributed by atoms with van der Waals surface area (Å²) in [6.45, 7) is 4.27. The Morgan fingerprint density at radius 2 is 2.14 bits per heavy atom. The molecule has 2 nitrogen and oxygen atoms in total. The zero-order chi connectivity index (χ0) is 10.1. The Morgan fingerprint density at radius 1 is 1.36 bits per heavy atom. The fourth-order valence-corrected chi connectivity index (χ4v) is 1.81. The Hall–Kier alpha value is -1.57. The maximum Gasteiger partial charge on any atom is 0.152 e. The van der Waals surface area contributed by atoms with Crippen LogP contribution in [0.15, 0.2) is 24.4 Å². The minimum atomic E-state index is 0.438. The number of nitrogens with one attached hydrogen (secondary N) is 1. The molecule has 1 aromatic carbocycles. The van der Waals surface area contributed by atoms with E-state index < -0.39 is 0 Å². The lowest BCUT2D eigenvalue weighted by Crippen LogP contribution is -1.89. The van der Waals surface area contributed by atoms with Gasteiger partial charge in [-0.15, -0.1) is 0 Å². The van der Waals surface area contributed by atoms with Crippen LogP contribution in [0.3, 0.4) is 0 Å². The predicted octanol–water partition coefficient (Wildman–Crippen LogP) is 3.10.